The van der Waals surface area contributed by atoms with E-state index in [1.807, 2.05) is 0 Å². The molecule has 0 saturated carbocycles. The Labute approximate surface area is 187 Å². The quantitative estimate of drug-likeness (QED) is 0.209. The molecule has 0 fully saturated rings. The zero-order valence-electron chi connectivity index (χ0n) is 11.1. The van der Waals surface area contributed by atoms with E-state index in [-0.39, 0.29) is 94.9 Å². The minimum atomic E-state index is -4.92. The van der Waals surface area contributed by atoms with E-state index in [4.69, 9.17) is 22.6 Å². The Balaban J connectivity index is -0.0000000543. The number of aliphatic hydroxyl groups is 1. The molecule has 0 aliphatic rings. The second-order valence-corrected chi connectivity index (χ2v) is 3.53. The van der Waals surface area contributed by atoms with E-state index in [1.54, 1.807) is 0 Å². The summed E-state index contributed by atoms with van der Waals surface area (Å²) >= 11 is 0. The van der Waals surface area contributed by atoms with Crippen molar-refractivity contribution in [3.63, 3.8) is 0 Å². The van der Waals surface area contributed by atoms with E-state index in [1.165, 1.54) is 6.92 Å². The third kappa shape index (κ3) is 74.6. The molecule has 10 nitrogen and oxygen atoms in total. The Hall–Kier alpha value is 1.34. The average Bonchev–Trinajstić information content (AvgIpc) is 1.97. The molecule has 0 aromatic heterocycles. The largest absolute Gasteiger partial charge is 2.00 e. The zero-order chi connectivity index (χ0) is 15.5. The molecule has 0 rings (SSSR count). The third-order valence-corrected chi connectivity index (χ3v) is 0.734. The summed E-state index contributed by atoms with van der Waals surface area (Å²) in [6.45, 7) is 2.34. The molecule has 0 saturated heterocycles. The first-order valence-corrected chi connectivity index (χ1v) is 5.40. The molecular weight excluding hydrogens is 355 g/mol. The number of aliphatic carboxylic acids is 2. The molecule has 0 aromatic carbocycles. The van der Waals surface area contributed by atoms with Crippen molar-refractivity contribution in [2.45, 2.75) is 26.4 Å². The second kappa shape index (κ2) is 18.4. The van der Waals surface area contributed by atoms with Crippen molar-refractivity contribution in [2.75, 3.05) is 0 Å². The van der Waals surface area contributed by atoms with Crippen LogP contribution in [0.5, 0.6) is 0 Å². The molecule has 0 bridgehead atoms. The minimum absolute atomic E-state index is 0. The fourth-order valence-corrected chi connectivity index (χ4v) is 0.203. The molecule has 0 amide bonds. The molecule has 0 radical (unpaired) electrons. The van der Waals surface area contributed by atoms with Gasteiger partial charge >= 0.3 is 89.1 Å². The van der Waals surface area contributed by atoms with Crippen molar-refractivity contribution in [3.8, 4) is 0 Å². The molecule has 108 valence electrons. The first kappa shape index (κ1) is 33.1. The maximum atomic E-state index is 9.83. The van der Waals surface area contributed by atoms with E-state index < -0.39 is 34.9 Å². The fraction of sp³-hybridized carbons (Fsp3) is 0.571. The predicted octanol–water partition coefficient (Wildman–Crippen LogP) is -7.54. The first-order chi connectivity index (χ1) is 7.77. The summed E-state index contributed by atoms with van der Waals surface area (Å²) in [6.07, 6.45) is -1.81. The number of hydrogen-bond acceptors (Lipinski definition) is 9. The van der Waals surface area contributed by atoms with E-state index >= 15 is 0 Å². The van der Waals surface area contributed by atoms with Gasteiger partial charge in [-0.2, -0.15) is 0 Å². The van der Waals surface area contributed by atoms with Crippen LogP contribution in [0.2, 0.25) is 0 Å². The SMILES string of the molecule is CC(=O)CC(=O)[O-].CC(O)C(=O)[O-].O=S(=O)([O-])O.[Ca+2].[K+]. The fourth-order valence-electron chi connectivity index (χ4n) is 0.203. The van der Waals surface area contributed by atoms with Crippen LogP contribution in [0.4, 0.5) is 0 Å². The van der Waals surface area contributed by atoms with Crippen LogP contribution in [-0.2, 0) is 24.8 Å². The monoisotopic (exact) mass is 366 g/mol. The van der Waals surface area contributed by atoms with Crippen LogP contribution in [0, 0.1) is 0 Å². The summed E-state index contributed by atoms with van der Waals surface area (Å²) in [7, 11) is -4.92. The van der Waals surface area contributed by atoms with Gasteiger partial charge in [0.1, 0.15) is 5.78 Å². The third-order valence-electron chi connectivity index (χ3n) is 0.734. The Morgan fingerprint density at radius 1 is 1.20 bits per heavy atom. The summed E-state index contributed by atoms with van der Waals surface area (Å²) in [5, 5.41) is 26.8. The van der Waals surface area contributed by atoms with Crippen LogP contribution in [0.15, 0.2) is 0 Å². The number of Topliss-reactive ketones (excluding diaryl/α,β-unsaturated/α-hetero) is 1. The Bertz CT molecular complexity index is 359. The van der Waals surface area contributed by atoms with Crippen molar-refractivity contribution >= 4 is 65.9 Å². The molecule has 0 spiro atoms. The van der Waals surface area contributed by atoms with Crippen molar-refractivity contribution in [1.82, 2.24) is 0 Å². The molecule has 2 N–H and O–H groups in total. The number of carboxylic acids is 2. The Morgan fingerprint density at radius 3 is 1.40 bits per heavy atom. The van der Waals surface area contributed by atoms with Gasteiger partial charge in [-0.3, -0.25) is 9.35 Å². The molecular formula is C7H11CaKO10S. The standard InChI is InChI=1S/C4H6O3.C3H6O3.Ca.K.H2O4S/c1-3(5)2-4(6)7;1-2(4)3(5)6;;;1-5(2,3)4/h2H2,1H3,(H,6,7);2,4H,1H3,(H,5,6);;;(H2,1,2,3,4)/q;;+2;+1;/p-3. The normalized spacial score (nSPS) is 9.85. The van der Waals surface area contributed by atoms with Gasteiger partial charge in [-0.15, -0.1) is 0 Å². The average molecular weight is 366 g/mol. The topological polar surface area (TPSA) is 195 Å². The molecule has 0 aliphatic carbocycles. The molecule has 0 aromatic rings. The van der Waals surface area contributed by atoms with Crippen molar-refractivity contribution in [2.24, 2.45) is 0 Å². The molecule has 20 heavy (non-hydrogen) atoms. The minimum Gasteiger partial charge on any atom is -0.726 e. The maximum absolute atomic E-state index is 9.83. The van der Waals surface area contributed by atoms with Gasteiger partial charge in [0.15, 0.2) is 0 Å². The molecule has 0 aliphatic heterocycles. The van der Waals surface area contributed by atoms with Crippen LogP contribution in [-0.4, -0.2) is 84.2 Å². The van der Waals surface area contributed by atoms with Gasteiger partial charge in [0.05, 0.1) is 12.1 Å². The van der Waals surface area contributed by atoms with Crippen molar-refractivity contribution in [3.05, 3.63) is 0 Å². The summed E-state index contributed by atoms with van der Waals surface area (Å²) in [6, 6.07) is 0. The smallest absolute Gasteiger partial charge is 0.726 e. The first-order valence-electron chi connectivity index (χ1n) is 4.03. The number of ketones is 1. The summed E-state index contributed by atoms with van der Waals surface area (Å²) < 4.78 is 32.8. The van der Waals surface area contributed by atoms with Crippen molar-refractivity contribution < 1.29 is 98.6 Å². The number of carbonyl (C=O) groups excluding carboxylic acids is 3. The number of rotatable bonds is 3. The number of hydrogen-bond donors (Lipinski definition) is 2. The van der Waals surface area contributed by atoms with Crippen molar-refractivity contribution in [1.29, 1.82) is 0 Å². The van der Waals surface area contributed by atoms with Gasteiger partial charge < -0.3 is 29.5 Å². The summed E-state index contributed by atoms with van der Waals surface area (Å²) in [4.78, 5) is 28.6. The number of carbonyl (C=O) groups is 3. The van der Waals surface area contributed by atoms with E-state index in [0.29, 0.717) is 0 Å². The van der Waals surface area contributed by atoms with E-state index in [0.717, 1.165) is 6.92 Å². The van der Waals surface area contributed by atoms with Gasteiger partial charge in [0.25, 0.3) is 0 Å². The predicted molar refractivity (Wildman–Crippen MR) is 55.1 cm³/mol. The molecule has 13 heteroatoms. The van der Waals surface area contributed by atoms with Gasteiger partial charge in [-0.25, -0.2) is 8.42 Å². The van der Waals surface area contributed by atoms with Crippen LogP contribution in [0.25, 0.3) is 0 Å². The molecule has 0 heterocycles. The van der Waals surface area contributed by atoms with E-state index in [9.17, 15) is 24.6 Å². The molecule has 1 unspecified atom stereocenters. The van der Waals surface area contributed by atoms with Crippen LogP contribution >= 0.6 is 0 Å². The summed E-state index contributed by atoms with van der Waals surface area (Å²) in [5.41, 5.74) is 0. The maximum Gasteiger partial charge on any atom is 2.00 e. The Morgan fingerprint density at radius 2 is 1.40 bits per heavy atom. The van der Waals surface area contributed by atoms with E-state index in [2.05, 4.69) is 0 Å². The zero-order valence-corrected chi connectivity index (χ0v) is 17.2. The van der Waals surface area contributed by atoms with Gasteiger partial charge in [0, 0.05) is 12.4 Å². The number of carboxylic acid groups (broad SMARTS) is 2. The van der Waals surface area contributed by atoms with Crippen LogP contribution < -0.4 is 61.6 Å². The van der Waals surface area contributed by atoms with Crippen LogP contribution in [0.3, 0.4) is 0 Å². The van der Waals surface area contributed by atoms with Gasteiger partial charge in [-0.1, -0.05) is 0 Å². The molecule has 1 atom stereocenters. The summed E-state index contributed by atoms with van der Waals surface area (Å²) in [5.74, 6) is -3.12. The number of aliphatic hydroxyl groups excluding tert-OH is 1. The van der Waals surface area contributed by atoms with Gasteiger partial charge in [0.2, 0.25) is 10.4 Å². The van der Waals surface area contributed by atoms with Crippen LogP contribution in [0.1, 0.15) is 20.3 Å². The van der Waals surface area contributed by atoms with Gasteiger partial charge in [-0.05, 0) is 13.8 Å². The Kier molecular flexibility index (Phi) is 30.4. The second-order valence-electron chi connectivity index (χ2n) is 2.67.